The first-order valence-electron chi connectivity index (χ1n) is 13.3. The van der Waals surface area contributed by atoms with Crippen LogP contribution in [-0.2, 0) is 26.4 Å². The molecule has 0 spiro atoms. The summed E-state index contributed by atoms with van der Waals surface area (Å²) < 4.78 is 32.7. The highest BCUT2D eigenvalue weighted by molar-refractivity contribution is 5.77. The van der Waals surface area contributed by atoms with Gasteiger partial charge in [0.25, 0.3) is 6.43 Å². The van der Waals surface area contributed by atoms with Gasteiger partial charge in [0.05, 0.1) is 12.2 Å². The molecule has 196 valence electrons. The summed E-state index contributed by atoms with van der Waals surface area (Å²) in [5.41, 5.74) is 6.86. The summed E-state index contributed by atoms with van der Waals surface area (Å²) in [6.07, 6.45) is 5.72. The van der Waals surface area contributed by atoms with Crippen LogP contribution in [-0.4, -0.2) is 50.6 Å². The van der Waals surface area contributed by atoms with Gasteiger partial charge >= 0.3 is 0 Å². The van der Waals surface area contributed by atoms with Crippen LogP contribution < -0.4 is 10.2 Å². The Kier molecular flexibility index (Phi) is 6.26. The Morgan fingerprint density at radius 1 is 1.16 bits per heavy atom. The molecule has 1 fully saturated rings. The Bertz CT molecular complexity index is 1320. The van der Waals surface area contributed by atoms with E-state index in [2.05, 4.69) is 31.5 Å². The SMILES string of the molecule is C=C(C)N1CCc2c(c(N3CCCc4cc(-c5cnn(C)c5)c(C(F)F)cc43)nn2C2CCNCC2)C1. The lowest BCUT2D eigenvalue weighted by Gasteiger charge is -2.34. The number of anilines is 2. The zero-order chi connectivity index (χ0) is 25.7. The van der Waals surface area contributed by atoms with Crippen molar-refractivity contribution in [3.05, 3.63) is 59.2 Å². The van der Waals surface area contributed by atoms with Gasteiger partial charge in [-0.1, -0.05) is 6.58 Å². The van der Waals surface area contributed by atoms with Gasteiger partial charge in [-0.25, -0.2) is 8.78 Å². The van der Waals surface area contributed by atoms with E-state index >= 15 is 0 Å². The van der Waals surface area contributed by atoms with E-state index in [1.807, 2.05) is 20.0 Å². The van der Waals surface area contributed by atoms with Gasteiger partial charge in [-0.2, -0.15) is 10.2 Å². The number of benzene rings is 1. The van der Waals surface area contributed by atoms with Gasteiger partial charge in [0.1, 0.15) is 0 Å². The molecule has 1 aromatic carbocycles. The van der Waals surface area contributed by atoms with Crippen LogP contribution in [0.3, 0.4) is 0 Å². The van der Waals surface area contributed by atoms with Crippen molar-refractivity contribution in [2.45, 2.75) is 58.0 Å². The molecule has 0 bridgehead atoms. The summed E-state index contributed by atoms with van der Waals surface area (Å²) in [5.74, 6) is 0.926. The summed E-state index contributed by atoms with van der Waals surface area (Å²) >= 11 is 0. The first kappa shape index (κ1) is 24.2. The molecule has 1 saturated heterocycles. The minimum Gasteiger partial charge on any atom is -0.371 e. The number of rotatable bonds is 5. The number of piperidine rings is 1. The van der Waals surface area contributed by atoms with Gasteiger partial charge in [-0.05, 0) is 69.0 Å². The van der Waals surface area contributed by atoms with Crippen molar-refractivity contribution in [1.82, 2.24) is 29.8 Å². The number of allylic oxidation sites excluding steroid dienone is 1. The summed E-state index contributed by atoms with van der Waals surface area (Å²) in [6, 6.07) is 4.03. The van der Waals surface area contributed by atoms with Crippen LogP contribution in [0.25, 0.3) is 11.1 Å². The molecule has 1 N–H and O–H groups in total. The van der Waals surface area contributed by atoms with Crippen molar-refractivity contribution in [3.63, 3.8) is 0 Å². The van der Waals surface area contributed by atoms with Crippen molar-refractivity contribution >= 4 is 11.5 Å². The standard InChI is InChI=1S/C28H35F2N7/c1-18(2)35-12-8-25-24(17-35)28(33-37(25)21-6-9-31-10-7-21)36-11-4-5-19-13-22(20-15-32-34(3)16-20)23(27(29)30)14-26(19)36/h13-16,21,27,31H,1,4-12,17H2,2-3H3. The Labute approximate surface area is 216 Å². The second kappa shape index (κ2) is 9.59. The lowest BCUT2D eigenvalue weighted by atomic mass is 9.92. The second-order valence-corrected chi connectivity index (χ2v) is 10.6. The van der Waals surface area contributed by atoms with Crippen molar-refractivity contribution in [1.29, 1.82) is 0 Å². The van der Waals surface area contributed by atoms with Crippen LogP contribution in [0.5, 0.6) is 0 Å². The number of nitrogens with one attached hydrogen (secondary N) is 1. The van der Waals surface area contributed by atoms with E-state index in [1.54, 1.807) is 23.1 Å². The first-order chi connectivity index (χ1) is 17.9. The maximum absolute atomic E-state index is 14.4. The van der Waals surface area contributed by atoms with E-state index < -0.39 is 6.43 Å². The predicted octanol–water partition coefficient (Wildman–Crippen LogP) is 5.12. The Hall–Kier alpha value is -3.20. The van der Waals surface area contributed by atoms with Crippen molar-refractivity contribution in [2.24, 2.45) is 7.05 Å². The normalized spacial score (nSPS) is 18.3. The van der Waals surface area contributed by atoms with E-state index in [0.717, 1.165) is 93.2 Å². The minimum absolute atomic E-state index is 0.0499. The van der Waals surface area contributed by atoms with Gasteiger partial charge in [0.2, 0.25) is 0 Å². The van der Waals surface area contributed by atoms with Crippen LogP contribution >= 0.6 is 0 Å². The predicted molar refractivity (Wildman–Crippen MR) is 141 cm³/mol. The minimum atomic E-state index is -2.58. The van der Waals surface area contributed by atoms with E-state index in [4.69, 9.17) is 5.10 Å². The number of halogens is 2. The average Bonchev–Trinajstić information content (AvgIpc) is 3.51. The molecular weight excluding hydrogens is 472 g/mol. The molecule has 3 aliphatic heterocycles. The quantitative estimate of drug-likeness (QED) is 0.520. The summed E-state index contributed by atoms with van der Waals surface area (Å²) in [6.45, 7) is 10.7. The van der Waals surface area contributed by atoms with Gasteiger partial charge in [0.15, 0.2) is 5.82 Å². The lowest BCUT2D eigenvalue weighted by molar-refractivity contribution is 0.152. The monoisotopic (exact) mass is 507 g/mol. The lowest BCUT2D eigenvalue weighted by Crippen LogP contribution is -2.33. The summed E-state index contributed by atoms with van der Waals surface area (Å²) in [4.78, 5) is 4.51. The van der Waals surface area contributed by atoms with Crippen LogP contribution in [0, 0.1) is 0 Å². The molecule has 5 heterocycles. The maximum atomic E-state index is 14.4. The molecule has 0 atom stereocenters. The molecule has 0 radical (unpaired) electrons. The fourth-order valence-electron chi connectivity index (χ4n) is 6.18. The highest BCUT2D eigenvalue weighted by atomic mass is 19.3. The molecule has 6 rings (SSSR count). The number of nitrogens with zero attached hydrogens (tertiary/aromatic N) is 6. The van der Waals surface area contributed by atoms with Gasteiger partial charge in [-0.15, -0.1) is 0 Å². The van der Waals surface area contributed by atoms with Crippen molar-refractivity contribution < 1.29 is 8.78 Å². The van der Waals surface area contributed by atoms with Gasteiger partial charge in [0, 0.05) is 73.1 Å². The van der Waals surface area contributed by atoms with E-state index in [9.17, 15) is 8.78 Å². The smallest absolute Gasteiger partial charge is 0.264 e. The number of alkyl halides is 2. The van der Waals surface area contributed by atoms with E-state index in [1.165, 1.54) is 11.3 Å². The largest absolute Gasteiger partial charge is 0.371 e. The third-order valence-corrected chi connectivity index (χ3v) is 8.14. The second-order valence-electron chi connectivity index (χ2n) is 10.6. The number of hydrogen-bond donors (Lipinski definition) is 1. The highest BCUT2D eigenvalue weighted by Crippen LogP contribution is 2.43. The molecule has 0 saturated carbocycles. The Morgan fingerprint density at radius 3 is 2.68 bits per heavy atom. The molecule has 7 nitrogen and oxygen atoms in total. The van der Waals surface area contributed by atoms with Crippen molar-refractivity contribution in [2.75, 3.05) is 31.1 Å². The zero-order valence-corrected chi connectivity index (χ0v) is 21.7. The average molecular weight is 508 g/mol. The molecule has 37 heavy (non-hydrogen) atoms. The molecule has 9 heteroatoms. The fourth-order valence-corrected chi connectivity index (χ4v) is 6.18. The molecular formula is C28H35F2N7. The van der Waals surface area contributed by atoms with Crippen LogP contribution in [0.4, 0.5) is 20.3 Å². The molecule has 3 aliphatic rings. The number of fused-ring (bicyclic) bond motifs is 2. The third kappa shape index (κ3) is 4.33. The van der Waals surface area contributed by atoms with Crippen LogP contribution in [0.2, 0.25) is 0 Å². The Morgan fingerprint density at radius 2 is 1.97 bits per heavy atom. The van der Waals surface area contributed by atoms with E-state index in [-0.39, 0.29) is 5.56 Å². The molecule has 3 aromatic rings. The summed E-state index contributed by atoms with van der Waals surface area (Å²) in [5, 5.41) is 12.9. The maximum Gasteiger partial charge on any atom is 0.264 e. The fraction of sp³-hybridized carbons (Fsp3) is 0.500. The number of aryl methyl sites for hydroxylation is 2. The van der Waals surface area contributed by atoms with Crippen molar-refractivity contribution in [3.8, 4) is 11.1 Å². The number of aromatic nitrogens is 4. The zero-order valence-electron chi connectivity index (χ0n) is 21.7. The van der Waals surface area contributed by atoms with Gasteiger partial charge < -0.3 is 15.1 Å². The Balaban J connectivity index is 1.47. The third-order valence-electron chi connectivity index (χ3n) is 8.14. The van der Waals surface area contributed by atoms with Gasteiger partial charge in [-0.3, -0.25) is 9.36 Å². The topological polar surface area (TPSA) is 54.1 Å². The highest BCUT2D eigenvalue weighted by Gasteiger charge is 2.33. The van der Waals surface area contributed by atoms with Crippen LogP contribution in [0.15, 0.2) is 36.8 Å². The molecule has 0 unspecified atom stereocenters. The van der Waals surface area contributed by atoms with Crippen LogP contribution in [0.1, 0.15) is 61.0 Å². The number of hydrogen-bond acceptors (Lipinski definition) is 5. The van der Waals surface area contributed by atoms with E-state index in [0.29, 0.717) is 11.6 Å². The molecule has 0 amide bonds. The molecule has 2 aromatic heterocycles. The summed E-state index contributed by atoms with van der Waals surface area (Å²) in [7, 11) is 1.81. The molecule has 0 aliphatic carbocycles. The first-order valence-corrected chi connectivity index (χ1v) is 13.3.